The molecular formula is C24H29N5O3S. The molecule has 1 N–H and O–H groups in total. The molecule has 0 aliphatic carbocycles. The van der Waals surface area contributed by atoms with Gasteiger partial charge in [-0.15, -0.1) is 10.2 Å². The van der Waals surface area contributed by atoms with E-state index < -0.39 is 0 Å². The maximum Gasteiger partial charge on any atom is 0.230 e. The third-order valence-corrected chi connectivity index (χ3v) is 6.16. The lowest BCUT2D eigenvalue weighted by Gasteiger charge is -2.28. The topological polar surface area (TPSA) is 81.5 Å². The summed E-state index contributed by atoms with van der Waals surface area (Å²) in [5.41, 5.74) is 2.30. The highest BCUT2D eigenvalue weighted by atomic mass is 32.2. The van der Waals surface area contributed by atoms with Gasteiger partial charge in [0.25, 0.3) is 0 Å². The lowest BCUT2D eigenvalue weighted by Crippen LogP contribution is -2.38. The van der Waals surface area contributed by atoms with Crippen molar-refractivity contribution in [2.24, 2.45) is 0 Å². The van der Waals surface area contributed by atoms with Gasteiger partial charge in [-0.3, -0.25) is 9.36 Å². The number of hydrogen-bond donors (Lipinski definition) is 1. The van der Waals surface area contributed by atoms with Crippen LogP contribution in [0.3, 0.4) is 0 Å². The average Bonchev–Trinajstić information content (AvgIpc) is 3.24. The Morgan fingerprint density at radius 2 is 1.94 bits per heavy atom. The first-order valence-electron chi connectivity index (χ1n) is 11.1. The average molecular weight is 468 g/mol. The Morgan fingerprint density at radius 1 is 1.12 bits per heavy atom. The number of rotatable bonds is 10. The molecule has 3 aromatic rings. The number of thioether (sulfide) groups is 1. The Balaban J connectivity index is 1.32. The number of amides is 1. The van der Waals surface area contributed by atoms with Gasteiger partial charge < -0.3 is 19.7 Å². The number of hydrogen-bond acceptors (Lipinski definition) is 7. The van der Waals surface area contributed by atoms with Gasteiger partial charge in [0.05, 0.1) is 32.1 Å². The zero-order valence-corrected chi connectivity index (χ0v) is 19.6. The number of aryl methyl sites for hydroxylation is 1. The van der Waals surface area contributed by atoms with Gasteiger partial charge in [-0.25, -0.2) is 0 Å². The molecule has 0 saturated carbocycles. The van der Waals surface area contributed by atoms with E-state index in [1.54, 1.807) is 0 Å². The molecule has 0 radical (unpaired) electrons. The number of carbonyl (C=O) groups excluding carboxylic acids is 1. The van der Waals surface area contributed by atoms with Crippen LogP contribution in [0.1, 0.15) is 11.1 Å². The smallest absolute Gasteiger partial charge is 0.230 e. The third-order valence-electron chi connectivity index (χ3n) is 5.19. The number of ether oxygens (including phenoxy) is 2. The fourth-order valence-electron chi connectivity index (χ4n) is 3.54. The minimum Gasteiger partial charge on any atom is -0.492 e. The van der Waals surface area contributed by atoms with Gasteiger partial charge in [-0.1, -0.05) is 54.2 Å². The second-order valence-corrected chi connectivity index (χ2v) is 8.70. The molecule has 174 valence electrons. The number of benzene rings is 2. The van der Waals surface area contributed by atoms with Gasteiger partial charge in [-0.05, 0) is 30.2 Å². The lowest BCUT2D eigenvalue weighted by atomic mass is 10.2. The Bertz CT molecular complexity index is 1040. The molecule has 0 spiro atoms. The highest BCUT2D eigenvalue weighted by molar-refractivity contribution is 7.99. The third kappa shape index (κ3) is 6.72. The number of nitrogens with one attached hydrogen (secondary N) is 1. The molecule has 4 rings (SSSR count). The molecular weight excluding hydrogens is 438 g/mol. The molecule has 9 heteroatoms. The van der Waals surface area contributed by atoms with E-state index in [0.29, 0.717) is 32.9 Å². The van der Waals surface area contributed by atoms with Crippen molar-refractivity contribution in [2.75, 3.05) is 50.1 Å². The van der Waals surface area contributed by atoms with Crippen LogP contribution in [0.2, 0.25) is 0 Å². The molecule has 1 saturated heterocycles. The van der Waals surface area contributed by atoms with Crippen LogP contribution in [0.5, 0.6) is 5.75 Å². The van der Waals surface area contributed by atoms with E-state index in [1.807, 2.05) is 49.4 Å². The molecule has 1 aromatic heterocycles. The molecule has 1 aliphatic rings. The fourth-order valence-corrected chi connectivity index (χ4v) is 4.30. The van der Waals surface area contributed by atoms with E-state index in [9.17, 15) is 4.79 Å². The van der Waals surface area contributed by atoms with Crippen LogP contribution >= 0.6 is 11.8 Å². The zero-order chi connectivity index (χ0) is 22.9. The van der Waals surface area contributed by atoms with E-state index in [2.05, 4.69) is 37.1 Å². The van der Waals surface area contributed by atoms with Crippen LogP contribution in [0.15, 0.2) is 59.8 Å². The molecule has 0 atom stereocenters. The first-order valence-corrected chi connectivity index (χ1v) is 12.1. The van der Waals surface area contributed by atoms with Crippen molar-refractivity contribution in [1.29, 1.82) is 0 Å². The van der Waals surface area contributed by atoms with Gasteiger partial charge in [0.1, 0.15) is 12.4 Å². The normalized spacial score (nSPS) is 13.7. The highest BCUT2D eigenvalue weighted by Crippen LogP contribution is 2.24. The Kier molecular flexibility index (Phi) is 8.21. The van der Waals surface area contributed by atoms with Crippen LogP contribution in [0, 0.1) is 6.92 Å². The van der Waals surface area contributed by atoms with Gasteiger partial charge in [0, 0.05) is 13.1 Å². The van der Waals surface area contributed by atoms with Crippen molar-refractivity contribution < 1.29 is 14.3 Å². The summed E-state index contributed by atoms with van der Waals surface area (Å²) in [6.45, 7) is 6.44. The second-order valence-electron chi connectivity index (χ2n) is 7.76. The van der Waals surface area contributed by atoms with Gasteiger partial charge in [0.15, 0.2) is 5.16 Å². The van der Waals surface area contributed by atoms with E-state index in [4.69, 9.17) is 9.47 Å². The molecule has 0 bridgehead atoms. The van der Waals surface area contributed by atoms with Gasteiger partial charge in [0.2, 0.25) is 11.9 Å². The van der Waals surface area contributed by atoms with Crippen molar-refractivity contribution in [3.8, 4) is 5.75 Å². The van der Waals surface area contributed by atoms with E-state index in [1.165, 1.54) is 11.8 Å². The predicted molar refractivity (Wildman–Crippen MR) is 129 cm³/mol. The first kappa shape index (κ1) is 23.1. The molecule has 1 amide bonds. The van der Waals surface area contributed by atoms with Crippen LogP contribution in [0.25, 0.3) is 0 Å². The number of nitrogens with zero attached hydrogens (tertiary/aromatic N) is 4. The maximum absolute atomic E-state index is 12.4. The second kappa shape index (κ2) is 11.7. The lowest BCUT2D eigenvalue weighted by molar-refractivity contribution is -0.118. The Hall–Kier alpha value is -3.04. The summed E-state index contributed by atoms with van der Waals surface area (Å²) >= 11 is 1.39. The summed E-state index contributed by atoms with van der Waals surface area (Å²) in [6.07, 6.45) is 0. The molecule has 8 nitrogen and oxygen atoms in total. The van der Waals surface area contributed by atoms with E-state index in [-0.39, 0.29) is 11.7 Å². The number of aromatic nitrogens is 3. The van der Waals surface area contributed by atoms with Crippen LogP contribution in [-0.2, 0) is 16.1 Å². The maximum atomic E-state index is 12.4. The van der Waals surface area contributed by atoms with Crippen LogP contribution < -0.4 is 15.0 Å². The van der Waals surface area contributed by atoms with Crippen molar-refractivity contribution in [3.05, 3.63) is 65.7 Å². The standard InChI is InChI=1S/C24H29N5O3S/c1-19-6-5-9-21(16-19)32-13-10-25-22(30)18-33-24-27-26-23(28-11-14-31-15-12-28)29(24)17-20-7-3-2-4-8-20/h2-9,16H,10-15,17-18H2,1H3,(H,25,30). The minimum absolute atomic E-state index is 0.0602. The van der Waals surface area contributed by atoms with Crippen molar-refractivity contribution >= 4 is 23.6 Å². The highest BCUT2D eigenvalue weighted by Gasteiger charge is 2.21. The number of anilines is 1. The van der Waals surface area contributed by atoms with Crippen molar-refractivity contribution in [3.63, 3.8) is 0 Å². The number of carbonyl (C=O) groups is 1. The summed E-state index contributed by atoms with van der Waals surface area (Å²) in [7, 11) is 0. The fraction of sp³-hybridized carbons (Fsp3) is 0.375. The number of morpholine rings is 1. The van der Waals surface area contributed by atoms with E-state index in [0.717, 1.165) is 41.1 Å². The van der Waals surface area contributed by atoms with Crippen LogP contribution in [0.4, 0.5) is 5.95 Å². The Labute approximate surface area is 198 Å². The largest absolute Gasteiger partial charge is 0.492 e. The summed E-state index contributed by atoms with van der Waals surface area (Å²) in [5, 5.41) is 12.5. The quantitative estimate of drug-likeness (QED) is 0.363. The first-order chi connectivity index (χ1) is 16.2. The van der Waals surface area contributed by atoms with Crippen molar-refractivity contribution in [2.45, 2.75) is 18.6 Å². The van der Waals surface area contributed by atoms with Crippen LogP contribution in [-0.4, -0.2) is 65.9 Å². The molecule has 0 unspecified atom stereocenters. The molecule has 2 aromatic carbocycles. The summed E-state index contributed by atoms with van der Waals surface area (Å²) < 4.78 is 13.3. The Morgan fingerprint density at radius 3 is 2.73 bits per heavy atom. The minimum atomic E-state index is -0.0602. The molecule has 2 heterocycles. The summed E-state index contributed by atoms with van der Waals surface area (Å²) in [5.74, 6) is 1.83. The predicted octanol–water partition coefficient (Wildman–Crippen LogP) is 2.76. The monoisotopic (exact) mass is 467 g/mol. The van der Waals surface area contributed by atoms with Crippen molar-refractivity contribution in [1.82, 2.24) is 20.1 Å². The molecule has 1 aliphatic heterocycles. The summed E-state index contributed by atoms with van der Waals surface area (Å²) in [6, 6.07) is 18.1. The summed E-state index contributed by atoms with van der Waals surface area (Å²) in [4.78, 5) is 14.6. The molecule has 33 heavy (non-hydrogen) atoms. The zero-order valence-electron chi connectivity index (χ0n) is 18.8. The van der Waals surface area contributed by atoms with Gasteiger partial charge >= 0.3 is 0 Å². The SMILES string of the molecule is Cc1cccc(OCCNC(=O)CSc2nnc(N3CCOCC3)n2Cc2ccccc2)c1. The van der Waals surface area contributed by atoms with E-state index >= 15 is 0 Å². The molecule has 1 fully saturated rings. The van der Waals surface area contributed by atoms with Gasteiger partial charge in [-0.2, -0.15) is 0 Å².